The maximum atomic E-state index is 12.3. The molecule has 5 rings (SSSR count). The number of nitrogens with zero attached hydrogens (tertiary/aromatic N) is 2. The summed E-state index contributed by atoms with van der Waals surface area (Å²) >= 11 is 0. The number of pyridine rings is 1. The number of allylic oxidation sites excluding steroid dienone is 2. The van der Waals surface area contributed by atoms with Crippen molar-refractivity contribution >= 4 is 17.3 Å². The van der Waals surface area contributed by atoms with Gasteiger partial charge < -0.3 is 5.32 Å². The van der Waals surface area contributed by atoms with Gasteiger partial charge in [-0.15, -0.1) is 0 Å². The van der Waals surface area contributed by atoms with E-state index < -0.39 is 0 Å². The molecule has 5 nitrogen and oxygen atoms in total. The van der Waals surface area contributed by atoms with Crippen molar-refractivity contribution in [2.45, 2.75) is 25.3 Å². The fraction of sp³-hybridized carbons (Fsp3) is 0.192. The van der Waals surface area contributed by atoms with E-state index in [9.17, 15) is 4.79 Å². The van der Waals surface area contributed by atoms with E-state index in [0.29, 0.717) is 23.4 Å². The molecule has 2 heterocycles. The first-order chi connectivity index (χ1) is 15.2. The largest absolute Gasteiger partial charge is 0.378 e. The van der Waals surface area contributed by atoms with Crippen LogP contribution in [0.5, 0.6) is 0 Å². The molecule has 2 aliphatic rings. The van der Waals surface area contributed by atoms with Crippen molar-refractivity contribution in [2.24, 2.45) is 11.0 Å². The quantitative estimate of drug-likeness (QED) is 0.360. The molecule has 5 heteroatoms. The lowest BCUT2D eigenvalue weighted by Gasteiger charge is -2.37. The molecule has 1 aromatic heterocycles. The first-order valence-electron chi connectivity index (χ1n) is 10.6. The summed E-state index contributed by atoms with van der Waals surface area (Å²) < 4.78 is 0. The number of carbonyl (C=O) groups excluding carboxylic acids is 1. The molecule has 1 aliphatic heterocycles. The maximum Gasteiger partial charge on any atom is 0.271 e. The Balaban J connectivity index is 1.40. The third kappa shape index (κ3) is 3.75. The van der Waals surface area contributed by atoms with Gasteiger partial charge in [0, 0.05) is 29.6 Å². The molecule has 2 aromatic carbocycles. The fourth-order valence-electron chi connectivity index (χ4n) is 4.58. The zero-order valence-corrected chi connectivity index (χ0v) is 17.3. The van der Waals surface area contributed by atoms with Crippen LogP contribution in [0.3, 0.4) is 0 Å². The van der Waals surface area contributed by atoms with Gasteiger partial charge in [-0.05, 0) is 60.2 Å². The molecule has 31 heavy (non-hydrogen) atoms. The van der Waals surface area contributed by atoms with Crippen molar-refractivity contribution in [2.75, 3.05) is 5.32 Å². The number of carbonyl (C=O) groups is 1. The third-order valence-corrected chi connectivity index (χ3v) is 6.21. The average Bonchev–Trinajstić information content (AvgIpc) is 3.33. The van der Waals surface area contributed by atoms with E-state index in [-0.39, 0.29) is 5.91 Å². The molecule has 0 radical (unpaired) electrons. The Morgan fingerprint density at radius 3 is 2.68 bits per heavy atom. The molecular weight excluding hydrogens is 384 g/mol. The van der Waals surface area contributed by atoms with E-state index in [1.165, 1.54) is 16.8 Å². The van der Waals surface area contributed by atoms with Crippen LogP contribution < -0.4 is 10.7 Å². The molecule has 1 amide bonds. The number of benzene rings is 2. The van der Waals surface area contributed by atoms with E-state index >= 15 is 0 Å². The standard InChI is InChI=1S/C26H24N4O/c1-17(29-30-26(31)19-12-14-27-15-13-19)20-10-11-24-23(16-20)21-8-5-9-22(21)25(28-24)18-6-3-2-4-7-18/h2-8,10-16,21-22,25,28H,9H2,1H3,(H,30,31)/b29-17-/t21-,22+,25+/m1/s1. The summed E-state index contributed by atoms with van der Waals surface area (Å²) in [7, 11) is 0. The van der Waals surface area contributed by atoms with E-state index in [4.69, 9.17) is 0 Å². The summed E-state index contributed by atoms with van der Waals surface area (Å²) in [5, 5.41) is 8.09. The minimum Gasteiger partial charge on any atom is -0.378 e. The van der Waals surface area contributed by atoms with Gasteiger partial charge in [0.15, 0.2) is 0 Å². The summed E-state index contributed by atoms with van der Waals surface area (Å²) in [4.78, 5) is 16.2. The molecule has 0 fully saturated rings. The summed E-state index contributed by atoms with van der Waals surface area (Å²) in [6.07, 6.45) is 8.88. The lowest BCUT2D eigenvalue weighted by Crippen LogP contribution is -2.29. The van der Waals surface area contributed by atoms with Crippen LogP contribution in [0.4, 0.5) is 5.69 Å². The third-order valence-electron chi connectivity index (χ3n) is 6.21. The highest BCUT2D eigenvalue weighted by molar-refractivity contribution is 6.01. The van der Waals surface area contributed by atoms with Crippen molar-refractivity contribution in [3.05, 3.63) is 107 Å². The van der Waals surface area contributed by atoms with Crippen LogP contribution in [0.25, 0.3) is 0 Å². The van der Waals surface area contributed by atoms with Gasteiger partial charge in [0.1, 0.15) is 0 Å². The molecule has 0 spiro atoms. The zero-order chi connectivity index (χ0) is 21.2. The van der Waals surface area contributed by atoms with Crippen LogP contribution in [0.15, 0.2) is 90.3 Å². The highest BCUT2D eigenvalue weighted by Crippen LogP contribution is 2.49. The molecule has 0 bridgehead atoms. The number of nitrogens with one attached hydrogen (secondary N) is 2. The minimum absolute atomic E-state index is 0.245. The predicted octanol–water partition coefficient (Wildman–Crippen LogP) is 5.06. The Labute approximate surface area is 181 Å². The number of amides is 1. The molecule has 3 atom stereocenters. The van der Waals surface area contributed by atoms with Crippen molar-refractivity contribution < 1.29 is 4.79 Å². The topological polar surface area (TPSA) is 66.4 Å². The number of hydrogen-bond donors (Lipinski definition) is 2. The lowest BCUT2D eigenvalue weighted by molar-refractivity contribution is 0.0954. The summed E-state index contributed by atoms with van der Waals surface area (Å²) in [6, 6.07) is 20.7. The van der Waals surface area contributed by atoms with Crippen molar-refractivity contribution in [3.63, 3.8) is 0 Å². The van der Waals surface area contributed by atoms with Crippen LogP contribution in [-0.2, 0) is 0 Å². The number of fused-ring (bicyclic) bond motifs is 3. The maximum absolute atomic E-state index is 12.3. The second kappa shape index (κ2) is 8.19. The fourth-order valence-corrected chi connectivity index (χ4v) is 4.58. The predicted molar refractivity (Wildman–Crippen MR) is 123 cm³/mol. The van der Waals surface area contributed by atoms with Crippen LogP contribution in [-0.4, -0.2) is 16.6 Å². The van der Waals surface area contributed by atoms with Crippen molar-refractivity contribution in [3.8, 4) is 0 Å². The number of rotatable bonds is 4. The SMILES string of the molecule is C/C(=N/NC(=O)c1ccncc1)c1ccc2c(c1)[C@@H]1C=CC[C@@H]1[C@H](c1ccccc1)N2. The highest BCUT2D eigenvalue weighted by atomic mass is 16.2. The number of hydrazone groups is 1. The van der Waals surface area contributed by atoms with E-state index in [2.05, 4.69) is 81.5 Å². The van der Waals surface area contributed by atoms with Crippen LogP contribution in [0.2, 0.25) is 0 Å². The smallest absolute Gasteiger partial charge is 0.271 e. The Kier molecular flexibility index (Phi) is 5.08. The van der Waals surface area contributed by atoms with Gasteiger partial charge in [-0.3, -0.25) is 9.78 Å². The molecule has 3 aromatic rings. The monoisotopic (exact) mass is 408 g/mol. The number of hydrogen-bond acceptors (Lipinski definition) is 4. The normalized spacial score (nSPS) is 21.7. The Bertz CT molecular complexity index is 1150. The van der Waals surface area contributed by atoms with Gasteiger partial charge in [-0.1, -0.05) is 48.6 Å². The van der Waals surface area contributed by atoms with Gasteiger partial charge in [-0.2, -0.15) is 5.10 Å². The van der Waals surface area contributed by atoms with Gasteiger partial charge in [-0.25, -0.2) is 5.43 Å². The second-order valence-corrected chi connectivity index (χ2v) is 8.06. The first-order valence-corrected chi connectivity index (χ1v) is 10.6. The minimum atomic E-state index is -0.245. The number of aromatic nitrogens is 1. The average molecular weight is 409 g/mol. The molecular formula is C26H24N4O. The summed E-state index contributed by atoms with van der Waals surface area (Å²) in [6.45, 7) is 1.92. The second-order valence-electron chi connectivity index (χ2n) is 8.06. The Morgan fingerprint density at radius 1 is 1.06 bits per heavy atom. The Hall–Kier alpha value is -3.73. The van der Waals surface area contributed by atoms with Gasteiger partial charge >= 0.3 is 0 Å². The summed E-state index contributed by atoms with van der Waals surface area (Å²) in [5.41, 5.74) is 8.74. The Morgan fingerprint density at radius 2 is 1.87 bits per heavy atom. The molecule has 0 unspecified atom stereocenters. The molecule has 0 saturated carbocycles. The van der Waals surface area contributed by atoms with Crippen LogP contribution in [0, 0.1) is 5.92 Å². The van der Waals surface area contributed by atoms with Crippen molar-refractivity contribution in [1.82, 2.24) is 10.4 Å². The highest BCUT2D eigenvalue weighted by Gasteiger charge is 2.37. The van der Waals surface area contributed by atoms with Gasteiger partial charge in [0.05, 0.1) is 11.8 Å². The first kappa shape index (κ1) is 19.2. The molecule has 0 saturated heterocycles. The molecule has 1 aliphatic carbocycles. The lowest BCUT2D eigenvalue weighted by atomic mass is 9.76. The van der Waals surface area contributed by atoms with E-state index in [0.717, 1.165) is 17.7 Å². The van der Waals surface area contributed by atoms with E-state index in [1.54, 1.807) is 24.5 Å². The molecule has 2 N–H and O–H groups in total. The van der Waals surface area contributed by atoms with Crippen LogP contribution in [0.1, 0.15) is 52.4 Å². The zero-order valence-electron chi connectivity index (χ0n) is 17.3. The molecule has 154 valence electrons. The summed E-state index contributed by atoms with van der Waals surface area (Å²) in [5.74, 6) is 0.625. The van der Waals surface area contributed by atoms with Gasteiger partial charge in [0.25, 0.3) is 5.91 Å². The van der Waals surface area contributed by atoms with Crippen LogP contribution >= 0.6 is 0 Å². The number of anilines is 1. The van der Waals surface area contributed by atoms with Gasteiger partial charge in [0.2, 0.25) is 0 Å². The van der Waals surface area contributed by atoms with Crippen molar-refractivity contribution in [1.29, 1.82) is 0 Å². The van der Waals surface area contributed by atoms with E-state index in [1.807, 2.05) is 6.92 Å².